The summed E-state index contributed by atoms with van der Waals surface area (Å²) in [6.45, 7) is 8.30. The Labute approximate surface area is 104 Å². The molecule has 3 N–H and O–H groups in total. The third-order valence-corrected chi connectivity index (χ3v) is 3.09. The Morgan fingerprint density at radius 2 is 1.94 bits per heavy atom. The van der Waals surface area contributed by atoms with Gasteiger partial charge in [0.2, 0.25) is 5.91 Å². The van der Waals surface area contributed by atoms with Crippen molar-refractivity contribution < 1.29 is 4.79 Å². The van der Waals surface area contributed by atoms with Crippen LogP contribution in [0.3, 0.4) is 0 Å². The van der Waals surface area contributed by atoms with Gasteiger partial charge >= 0.3 is 0 Å². The van der Waals surface area contributed by atoms with E-state index in [1.807, 2.05) is 6.92 Å². The monoisotopic (exact) mass is 244 g/mol. The van der Waals surface area contributed by atoms with Gasteiger partial charge in [0.05, 0.1) is 10.9 Å². The van der Waals surface area contributed by atoms with Gasteiger partial charge in [0.15, 0.2) is 0 Å². The van der Waals surface area contributed by atoms with E-state index in [0.717, 1.165) is 19.3 Å². The molecule has 0 radical (unpaired) electrons. The number of hydrogen-bond acceptors (Lipinski definition) is 2. The number of amides is 1. The smallest absolute Gasteiger partial charge is 0.230 e. The molecule has 0 aromatic carbocycles. The van der Waals surface area contributed by atoms with Crippen LogP contribution in [0.4, 0.5) is 0 Å². The van der Waals surface area contributed by atoms with Crippen molar-refractivity contribution in [2.24, 2.45) is 17.6 Å². The molecule has 0 rings (SSSR count). The molecule has 0 saturated heterocycles. The van der Waals surface area contributed by atoms with Gasteiger partial charge in [0, 0.05) is 6.04 Å². The zero-order valence-corrected chi connectivity index (χ0v) is 11.6. The Morgan fingerprint density at radius 1 is 1.38 bits per heavy atom. The Kier molecular flexibility index (Phi) is 7.30. The van der Waals surface area contributed by atoms with Crippen molar-refractivity contribution in [3.63, 3.8) is 0 Å². The highest BCUT2D eigenvalue weighted by Gasteiger charge is 2.23. The number of carbonyl (C=O) groups excluding carboxylic acids is 1. The molecule has 0 spiro atoms. The lowest BCUT2D eigenvalue weighted by atomic mass is 9.98. The summed E-state index contributed by atoms with van der Waals surface area (Å²) in [5.74, 6) is 0.102. The standard InChI is InChI=1S/C12H24N2OS/c1-5-7-9(11(13)16)12(15)14-10(6-2)8(3)4/h8-10H,5-7H2,1-4H3,(H2,13,16)(H,14,15). The van der Waals surface area contributed by atoms with Gasteiger partial charge < -0.3 is 11.1 Å². The molecular formula is C12H24N2OS. The van der Waals surface area contributed by atoms with Crippen molar-refractivity contribution in [1.29, 1.82) is 0 Å². The molecule has 3 nitrogen and oxygen atoms in total. The molecule has 94 valence electrons. The van der Waals surface area contributed by atoms with Gasteiger partial charge in [0.1, 0.15) is 0 Å². The molecule has 2 unspecified atom stereocenters. The summed E-state index contributed by atoms with van der Waals surface area (Å²) in [6.07, 6.45) is 2.57. The molecule has 0 bridgehead atoms. The Hall–Kier alpha value is -0.640. The van der Waals surface area contributed by atoms with E-state index < -0.39 is 0 Å². The molecular weight excluding hydrogens is 220 g/mol. The van der Waals surface area contributed by atoms with E-state index in [9.17, 15) is 4.79 Å². The predicted molar refractivity (Wildman–Crippen MR) is 72.2 cm³/mol. The van der Waals surface area contributed by atoms with E-state index in [1.54, 1.807) is 0 Å². The summed E-state index contributed by atoms with van der Waals surface area (Å²) >= 11 is 4.93. The van der Waals surface area contributed by atoms with Crippen LogP contribution in [0.15, 0.2) is 0 Å². The van der Waals surface area contributed by atoms with Crippen molar-refractivity contribution in [2.75, 3.05) is 0 Å². The molecule has 0 aliphatic carbocycles. The molecule has 4 heteroatoms. The van der Waals surface area contributed by atoms with Crippen LogP contribution >= 0.6 is 12.2 Å². The highest BCUT2D eigenvalue weighted by molar-refractivity contribution is 7.80. The lowest BCUT2D eigenvalue weighted by molar-refractivity contribution is -0.124. The maximum Gasteiger partial charge on any atom is 0.230 e. The summed E-state index contributed by atoms with van der Waals surface area (Å²) in [5, 5.41) is 3.03. The Morgan fingerprint density at radius 3 is 2.25 bits per heavy atom. The van der Waals surface area contributed by atoms with E-state index in [-0.39, 0.29) is 17.9 Å². The largest absolute Gasteiger partial charge is 0.393 e. The molecule has 0 fully saturated rings. The van der Waals surface area contributed by atoms with Crippen molar-refractivity contribution in [2.45, 2.75) is 53.0 Å². The number of rotatable bonds is 7. The van der Waals surface area contributed by atoms with Crippen LogP contribution in [0.1, 0.15) is 47.0 Å². The van der Waals surface area contributed by atoms with Gasteiger partial charge in [-0.2, -0.15) is 0 Å². The molecule has 2 atom stereocenters. The van der Waals surface area contributed by atoms with E-state index in [4.69, 9.17) is 18.0 Å². The lowest BCUT2D eigenvalue weighted by Crippen LogP contribution is -2.44. The summed E-state index contributed by atoms with van der Waals surface area (Å²) < 4.78 is 0. The molecule has 16 heavy (non-hydrogen) atoms. The van der Waals surface area contributed by atoms with E-state index in [0.29, 0.717) is 10.9 Å². The molecule has 1 amide bonds. The predicted octanol–water partition coefficient (Wildman–Crippen LogP) is 2.24. The first-order valence-electron chi connectivity index (χ1n) is 6.03. The fourth-order valence-corrected chi connectivity index (χ4v) is 1.94. The SMILES string of the molecule is CCCC(C(=O)NC(CC)C(C)C)C(N)=S. The third kappa shape index (κ3) is 4.92. The molecule has 0 aliphatic rings. The van der Waals surface area contributed by atoms with Crippen LogP contribution in [0, 0.1) is 11.8 Å². The van der Waals surface area contributed by atoms with Gasteiger partial charge in [-0.15, -0.1) is 0 Å². The van der Waals surface area contributed by atoms with Crippen molar-refractivity contribution in [1.82, 2.24) is 5.32 Å². The average Bonchev–Trinajstić information content (AvgIpc) is 2.21. The van der Waals surface area contributed by atoms with Crippen LogP contribution in [0.5, 0.6) is 0 Å². The van der Waals surface area contributed by atoms with Crippen LogP contribution < -0.4 is 11.1 Å². The summed E-state index contributed by atoms with van der Waals surface area (Å²) in [4.78, 5) is 12.3. The van der Waals surface area contributed by atoms with Crippen molar-refractivity contribution in [3.05, 3.63) is 0 Å². The van der Waals surface area contributed by atoms with E-state index in [2.05, 4.69) is 26.1 Å². The normalized spacial score (nSPS) is 14.6. The number of carbonyl (C=O) groups is 1. The maximum atomic E-state index is 12.0. The Balaban J connectivity index is 4.45. The van der Waals surface area contributed by atoms with Gasteiger partial charge in [-0.25, -0.2) is 0 Å². The fraction of sp³-hybridized carbons (Fsp3) is 0.833. The highest BCUT2D eigenvalue weighted by atomic mass is 32.1. The molecule has 0 aromatic heterocycles. The van der Waals surface area contributed by atoms with Crippen LogP contribution in [-0.4, -0.2) is 16.9 Å². The minimum absolute atomic E-state index is 0.0186. The van der Waals surface area contributed by atoms with Gasteiger partial charge in [-0.3, -0.25) is 4.79 Å². The topological polar surface area (TPSA) is 55.1 Å². The average molecular weight is 244 g/mol. The zero-order chi connectivity index (χ0) is 12.7. The first kappa shape index (κ1) is 15.4. The van der Waals surface area contributed by atoms with Gasteiger partial charge in [-0.1, -0.05) is 46.3 Å². The van der Waals surface area contributed by atoms with Gasteiger partial charge in [-0.05, 0) is 18.8 Å². The summed E-state index contributed by atoms with van der Waals surface area (Å²) in [5.41, 5.74) is 5.59. The number of thiocarbonyl (C=S) groups is 1. The van der Waals surface area contributed by atoms with Crippen LogP contribution in [0.25, 0.3) is 0 Å². The van der Waals surface area contributed by atoms with Gasteiger partial charge in [0.25, 0.3) is 0 Å². The summed E-state index contributed by atoms with van der Waals surface area (Å²) in [7, 11) is 0. The highest BCUT2D eigenvalue weighted by Crippen LogP contribution is 2.11. The molecule has 0 aliphatic heterocycles. The number of nitrogens with one attached hydrogen (secondary N) is 1. The van der Waals surface area contributed by atoms with E-state index >= 15 is 0 Å². The van der Waals surface area contributed by atoms with Crippen LogP contribution in [-0.2, 0) is 4.79 Å². The number of nitrogens with two attached hydrogens (primary N) is 1. The van der Waals surface area contributed by atoms with Crippen molar-refractivity contribution >= 4 is 23.1 Å². The first-order valence-corrected chi connectivity index (χ1v) is 6.44. The van der Waals surface area contributed by atoms with E-state index in [1.165, 1.54) is 0 Å². The second-order valence-corrected chi connectivity index (χ2v) is 4.98. The molecule has 0 aromatic rings. The Bertz CT molecular complexity index is 241. The summed E-state index contributed by atoms with van der Waals surface area (Å²) in [6, 6.07) is 0.209. The third-order valence-electron chi connectivity index (χ3n) is 2.81. The fourth-order valence-electron chi connectivity index (χ4n) is 1.71. The molecule has 0 heterocycles. The molecule has 0 saturated carbocycles. The quantitative estimate of drug-likeness (QED) is 0.675. The second kappa shape index (κ2) is 7.60. The first-order chi connectivity index (χ1) is 7.43. The maximum absolute atomic E-state index is 12.0. The second-order valence-electron chi connectivity index (χ2n) is 4.51. The number of hydrogen-bond donors (Lipinski definition) is 2. The zero-order valence-electron chi connectivity index (χ0n) is 10.7. The van der Waals surface area contributed by atoms with Crippen LogP contribution in [0.2, 0.25) is 0 Å². The minimum atomic E-state index is -0.312. The minimum Gasteiger partial charge on any atom is -0.393 e. The lowest BCUT2D eigenvalue weighted by Gasteiger charge is -2.23. The van der Waals surface area contributed by atoms with Crippen molar-refractivity contribution in [3.8, 4) is 0 Å².